The molecular formula is C24H34N4O9. The van der Waals surface area contributed by atoms with Gasteiger partial charge in [0.05, 0.1) is 6.04 Å². The molecule has 0 fully saturated rings. The molecule has 3 amide bonds. The Hall–Kier alpha value is -4.00. The van der Waals surface area contributed by atoms with E-state index in [9.17, 15) is 33.9 Å². The first-order chi connectivity index (χ1) is 17.3. The predicted octanol–water partition coefficient (Wildman–Crippen LogP) is -0.519. The zero-order valence-corrected chi connectivity index (χ0v) is 20.7. The van der Waals surface area contributed by atoms with Crippen molar-refractivity contribution in [3.63, 3.8) is 0 Å². The van der Waals surface area contributed by atoms with Crippen molar-refractivity contribution in [3.05, 3.63) is 35.9 Å². The summed E-state index contributed by atoms with van der Waals surface area (Å²) in [4.78, 5) is 71.7. The highest BCUT2D eigenvalue weighted by atomic mass is 16.4. The van der Waals surface area contributed by atoms with Crippen LogP contribution in [0.5, 0.6) is 0 Å². The Morgan fingerprint density at radius 2 is 1.27 bits per heavy atom. The fourth-order valence-corrected chi connectivity index (χ4v) is 3.35. The molecule has 13 heteroatoms. The van der Waals surface area contributed by atoms with E-state index >= 15 is 0 Å². The van der Waals surface area contributed by atoms with Gasteiger partial charge in [-0.2, -0.15) is 0 Å². The average molecular weight is 523 g/mol. The number of amides is 3. The molecule has 204 valence electrons. The topological polar surface area (TPSA) is 225 Å². The van der Waals surface area contributed by atoms with Crippen LogP contribution >= 0.6 is 0 Å². The van der Waals surface area contributed by atoms with Crippen LogP contribution in [0.1, 0.15) is 45.1 Å². The molecule has 37 heavy (non-hydrogen) atoms. The maximum absolute atomic E-state index is 13.0. The molecule has 0 bridgehead atoms. The van der Waals surface area contributed by atoms with Gasteiger partial charge in [-0.3, -0.25) is 24.0 Å². The second-order valence-electron chi connectivity index (χ2n) is 8.85. The van der Waals surface area contributed by atoms with Crippen LogP contribution in [0.15, 0.2) is 30.3 Å². The summed E-state index contributed by atoms with van der Waals surface area (Å²) in [6.45, 7) is 3.16. The summed E-state index contributed by atoms with van der Waals surface area (Å²) in [5.74, 6) is -6.84. The minimum atomic E-state index is -1.50. The summed E-state index contributed by atoms with van der Waals surface area (Å²) in [6.07, 6.45) is -1.44. The molecule has 0 aliphatic carbocycles. The highest BCUT2D eigenvalue weighted by Crippen LogP contribution is 2.08. The van der Waals surface area contributed by atoms with Gasteiger partial charge in [-0.1, -0.05) is 44.2 Å². The Morgan fingerprint density at radius 3 is 1.76 bits per heavy atom. The number of nitrogens with two attached hydrogens (primary N) is 1. The maximum Gasteiger partial charge on any atom is 0.326 e. The molecule has 0 aliphatic rings. The molecule has 0 saturated heterocycles. The fourth-order valence-electron chi connectivity index (χ4n) is 3.35. The highest BCUT2D eigenvalue weighted by Gasteiger charge is 2.32. The summed E-state index contributed by atoms with van der Waals surface area (Å²) in [6, 6.07) is 3.78. The number of aliphatic carboxylic acids is 3. The highest BCUT2D eigenvalue weighted by molar-refractivity contribution is 5.94. The quantitative estimate of drug-likeness (QED) is 0.147. The smallest absolute Gasteiger partial charge is 0.326 e. The Bertz CT molecular complexity index is 968. The number of hydrogen-bond acceptors (Lipinski definition) is 7. The molecule has 1 aromatic rings. The molecule has 4 unspecified atom stereocenters. The Kier molecular flexibility index (Phi) is 12.7. The van der Waals surface area contributed by atoms with Gasteiger partial charge in [0.15, 0.2) is 0 Å². The average Bonchev–Trinajstić information content (AvgIpc) is 2.82. The molecule has 8 N–H and O–H groups in total. The van der Waals surface area contributed by atoms with Crippen molar-refractivity contribution in [2.45, 2.75) is 70.1 Å². The zero-order chi connectivity index (χ0) is 28.1. The number of benzene rings is 1. The van der Waals surface area contributed by atoms with Crippen LogP contribution in [0.3, 0.4) is 0 Å². The standard InChI is InChI=1S/C24H34N4O9/c1-13(2)20(23(35)27-17(24(36)37)9-11-19(31)32)28-22(34)16(8-10-18(29)30)26-21(33)15(25)12-14-6-4-3-5-7-14/h3-7,13,15-17,20H,8-12,25H2,1-2H3,(H,26,33)(H,27,35)(H,28,34)(H,29,30)(H,31,32)(H,36,37). The van der Waals surface area contributed by atoms with Gasteiger partial charge in [-0.25, -0.2) is 4.79 Å². The molecule has 0 heterocycles. The molecule has 13 nitrogen and oxygen atoms in total. The van der Waals surface area contributed by atoms with Gasteiger partial charge in [0, 0.05) is 12.8 Å². The molecule has 0 aromatic heterocycles. The Labute approximate surface area is 213 Å². The molecule has 0 aliphatic heterocycles. The van der Waals surface area contributed by atoms with E-state index in [0.717, 1.165) is 5.56 Å². The van der Waals surface area contributed by atoms with Crippen molar-refractivity contribution in [1.29, 1.82) is 0 Å². The summed E-state index contributed by atoms with van der Waals surface area (Å²) in [7, 11) is 0. The number of carboxylic acid groups (broad SMARTS) is 3. The third-order valence-corrected chi connectivity index (χ3v) is 5.42. The Balaban J connectivity index is 2.95. The van der Waals surface area contributed by atoms with Crippen LogP contribution in [0.2, 0.25) is 0 Å². The Morgan fingerprint density at radius 1 is 0.757 bits per heavy atom. The van der Waals surface area contributed by atoms with E-state index < -0.39 is 78.6 Å². The minimum Gasteiger partial charge on any atom is -0.481 e. The molecule has 1 aromatic carbocycles. The SMILES string of the molecule is CC(C)C(NC(=O)C(CCC(=O)O)NC(=O)C(N)Cc1ccccc1)C(=O)NC(CCC(=O)O)C(=O)O. The lowest BCUT2D eigenvalue weighted by Gasteiger charge is -2.27. The predicted molar refractivity (Wildman–Crippen MR) is 130 cm³/mol. The first kappa shape index (κ1) is 31.0. The van der Waals surface area contributed by atoms with Crippen molar-refractivity contribution < 1.29 is 44.1 Å². The largest absolute Gasteiger partial charge is 0.481 e. The molecule has 0 radical (unpaired) electrons. The van der Waals surface area contributed by atoms with Crippen LogP contribution in [-0.4, -0.2) is 75.1 Å². The first-order valence-corrected chi connectivity index (χ1v) is 11.7. The van der Waals surface area contributed by atoms with E-state index in [2.05, 4.69) is 16.0 Å². The van der Waals surface area contributed by atoms with E-state index in [4.69, 9.17) is 15.9 Å². The van der Waals surface area contributed by atoms with Crippen molar-refractivity contribution >= 4 is 35.6 Å². The van der Waals surface area contributed by atoms with Gasteiger partial charge in [0.25, 0.3) is 0 Å². The van der Waals surface area contributed by atoms with Gasteiger partial charge in [-0.15, -0.1) is 0 Å². The van der Waals surface area contributed by atoms with E-state index in [0.29, 0.717) is 0 Å². The molecule has 4 atom stereocenters. The van der Waals surface area contributed by atoms with Gasteiger partial charge in [0.2, 0.25) is 17.7 Å². The summed E-state index contributed by atoms with van der Waals surface area (Å²) in [5.41, 5.74) is 6.74. The second kappa shape index (κ2) is 15.2. The number of carboxylic acids is 3. The third kappa shape index (κ3) is 11.5. The number of carbonyl (C=O) groups is 6. The van der Waals surface area contributed by atoms with E-state index in [1.54, 1.807) is 44.2 Å². The monoisotopic (exact) mass is 522 g/mol. The van der Waals surface area contributed by atoms with Crippen molar-refractivity contribution in [2.75, 3.05) is 0 Å². The van der Waals surface area contributed by atoms with E-state index in [-0.39, 0.29) is 19.3 Å². The minimum absolute atomic E-state index is 0.171. The van der Waals surface area contributed by atoms with Gasteiger partial charge >= 0.3 is 17.9 Å². The molecular weight excluding hydrogens is 488 g/mol. The maximum atomic E-state index is 13.0. The van der Waals surface area contributed by atoms with Crippen molar-refractivity contribution in [3.8, 4) is 0 Å². The van der Waals surface area contributed by atoms with Crippen molar-refractivity contribution in [1.82, 2.24) is 16.0 Å². The summed E-state index contributed by atoms with van der Waals surface area (Å²) in [5, 5.41) is 34.2. The van der Waals surface area contributed by atoms with Crippen molar-refractivity contribution in [2.24, 2.45) is 11.7 Å². The zero-order valence-electron chi connectivity index (χ0n) is 20.7. The molecule has 1 rings (SSSR count). The second-order valence-corrected chi connectivity index (χ2v) is 8.85. The lowest BCUT2D eigenvalue weighted by molar-refractivity contribution is -0.143. The number of hydrogen-bond donors (Lipinski definition) is 7. The number of carbonyl (C=O) groups excluding carboxylic acids is 3. The van der Waals surface area contributed by atoms with Crippen LogP contribution in [0, 0.1) is 5.92 Å². The normalized spacial score (nSPS) is 14.1. The van der Waals surface area contributed by atoms with E-state index in [1.165, 1.54) is 0 Å². The van der Waals surface area contributed by atoms with Crippen LogP contribution < -0.4 is 21.7 Å². The van der Waals surface area contributed by atoms with Gasteiger partial charge in [0.1, 0.15) is 18.1 Å². The number of rotatable bonds is 16. The lowest BCUT2D eigenvalue weighted by Crippen LogP contribution is -2.58. The third-order valence-electron chi connectivity index (χ3n) is 5.42. The van der Waals surface area contributed by atoms with E-state index in [1.807, 2.05) is 0 Å². The summed E-state index contributed by atoms with van der Waals surface area (Å²) < 4.78 is 0. The fraction of sp³-hybridized carbons (Fsp3) is 0.500. The first-order valence-electron chi connectivity index (χ1n) is 11.7. The molecule has 0 saturated carbocycles. The number of nitrogens with one attached hydrogen (secondary N) is 3. The van der Waals surface area contributed by atoms with Crippen LogP contribution in [0.4, 0.5) is 0 Å². The molecule has 0 spiro atoms. The summed E-state index contributed by atoms with van der Waals surface area (Å²) >= 11 is 0. The van der Waals surface area contributed by atoms with Crippen LogP contribution in [0.25, 0.3) is 0 Å². The van der Waals surface area contributed by atoms with Gasteiger partial charge in [-0.05, 0) is 30.7 Å². The van der Waals surface area contributed by atoms with Gasteiger partial charge < -0.3 is 37.0 Å². The lowest BCUT2D eigenvalue weighted by atomic mass is 10.0. The van der Waals surface area contributed by atoms with Crippen LogP contribution in [-0.2, 0) is 35.2 Å².